The highest BCUT2D eigenvalue weighted by Gasteiger charge is 2.23. The number of nitrogens with zero attached hydrogens (tertiary/aromatic N) is 1. The van der Waals surface area contributed by atoms with Gasteiger partial charge >= 0.3 is 12.1 Å². The van der Waals surface area contributed by atoms with E-state index in [0.717, 1.165) is 5.56 Å². The Labute approximate surface area is 143 Å². The van der Waals surface area contributed by atoms with Crippen molar-refractivity contribution < 1.29 is 24.2 Å². The van der Waals surface area contributed by atoms with Crippen LogP contribution in [0.2, 0.25) is 0 Å². The molecule has 0 atom stereocenters. The van der Waals surface area contributed by atoms with E-state index < -0.39 is 12.1 Å². The predicted octanol–water partition coefficient (Wildman–Crippen LogP) is 3.24. The van der Waals surface area contributed by atoms with Gasteiger partial charge in [0, 0.05) is 11.3 Å². The average Bonchev–Trinajstić information content (AvgIpc) is 3.06. The van der Waals surface area contributed by atoms with Crippen LogP contribution in [0, 0.1) is 0 Å². The van der Waals surface area contributed by atoms with Crippen LogP contribution >= 0.6 is 0 Å². The number of ketones is 1. The lowest BCUT2D eigenvalue weighted by molar-refractivity contribution is 0.0696. The van der Waals surface area contributed by atoms with Gasteiger partial charge in [-0.2, -0.15) is 0 Å². The van der Waals surface area contributed by atoms with E-state index in [1.807, 2.05) is 0 Å². The minimum atomic E-state index is -0.996. The van der Waals surface area contributed by atoms with E-state index in [1.54, 1.807) is 42.5 Å². The molecule has 1 fully saturated rings. The normalized spacial score (nSPS) is 13.9. The number of benzene rings is 2. The quantitative estimate of drug-likeness (QED) is 0.669. The minimum absolute atomic E-state index is 0.189. The number of aromatic carboxylic acids is 1. The van der Waals surface area contributed by atoms with Gasteiger partial charge in [0.2, 0.25) is 0 Å². The maximum Gasteiger partial charge on any atom is 0.414 e. The Kier molecular flexibility index (Phi) is 4.61. The first kappa shape index (κ1) is 16.4. The molecule has 1 heterocycles. The first-order valence-electron chi connectivity index (χ1n) is 7.65. The summed E-state index contributed by atoms with van der Waals surface area (Å²) in [6, 6.07) is 13.0. The van der Waals surface area contributed by atoms with Crippen molar-refractivity contribution >= 4 is 29.6 Å². The highest BCUT2D eigenvalue weighted by molar-refractivity contribution is 6.07. The van der Waals surface area contributed by atoms with Crippen LogP contribution < -0.4 is 4.90 Å². The first-order chi connectivity index (χ1) is 12.0. The number of amides is 1. The standard InChI is InChI=1S/C19H15NO5/c21-17(9-6-13-4-7-14(8-5-13)18(22)23)15-2-1-3-16(12-15)20-10-11-25-19(20)24/h1-9,12H,10-11H2,(H,22,23)/b9-6-. The van der Waals surface area contributed by atoms with Crippen LogP contribution in [0.5, 0.6) is 0 Å². The van der Waals surface area contributed by atoms with Gasteiger partial charge in [0.1, 0.15) is 6.61 Å². The minimum Gasteiger partial charge on any atom is -0.478 e. The molecule has 0 aliphatic carbocycles. The third-order valence-electron chi connectivity index (χ3n) is 3.79. The van der Waals surface area contributed by atoms with Crippen molar-refractivity contribution in [3.63, 3.8) is 0 Å². The Morgan fingerprint density at radius 1 is 1.08 bits per heavy atom. The van der Waals surface area contributed by atoms with Crippen LogP contribution in [0.15, 0.2) is 54.6 Å². The monoisotopic (exact) mass is 337 g/mol. The van der Waals surface area contributed by atoms with E-state index in [0.29, 0.717) is 24.4 Å². The Bertz CT molecular complexity index is 854. The predicted molar refractivity (Wildman–Crippen MR) is 91.9 cm³/mol. The van der Waals surface area contributed by atoms with Crippen molar-refractivity contribution in [1.29, 1.82) is 0 Å². The fourth-order valence-electron chi connectivity index (χ4n) is 2.46. The van der Waals surface area contributed by atoms with Gasteiger partial charge in [0.25, 0.3) is 0 Å². The number of carboxylic acids is 1. The summed E-state index contributed by atoms with van der Waals surface area (Å²) in [6.07, 6.45) is 2.61. The summed E-state index contributed by atoms with van der Waals surface area (Å²) >= 11 is 0. The first-order valence-corrected chi connectivity index (χ1v) is 7.65. The summed E-state index contributed by atoms with van der Waals surface area (Å²) in [6.45, 7) is 0.797. The molecule has 0 saturated carbocycles. The van der Waals surface area contributed by atoms with Gasteiger partial charge in [-0.25, -0.2) is 9.59 Å². The molecule has 0 bridgehead atoms. The molecule has 1 N–H and O–H groups in total. The Balaban J connectivity index is 1.74. The molecular weight excluding hydrogens is 322 g/mol. The third-order valence-corrected chi connectivity index (χ3v) is 3.79. The van der Waals surface area contributed by atoms with Gasteiger partial charge in [-0.15, -0.1) is 0 Å². The summed E-state index contributed by atoms with van der Waals surface area (Å²) in [5.41, 5.74) is 1.98. The molecule has 25 heavy (non-hydrogen) atoms. The van der Waals surface area contributed by atoms with Crippen molar-refractivity contribution in [3.8, 4) is 0 Å². The van der Waals surface area contributed by atoms with Crippen LogP contribution in [-0.4, -0.2) is 36.1 Å². The largest absolute Gasteiger partial charge is 0.478 e. The van der Waals surface area contributed by atoms with Gasteiger partial charge in [-0.05, 0) is 35.9 Å². The zero-order valence-electron chi connectivity index (χ0n) is 13.2. The molecule has 0 spiro atoms. The molecule has 126 valence electrons. The molecule has 1 aliphatic heterocycles. The molecule has 1 aliphatic rings. The van der Waals surface area contributed by atoms with Gasteiger partial charge in [-0.3, -0.25) is 9.69 Å². The van der Waals surface area contributed by atoms with Crippen LogP contribution in [0.4, 0.5) is 10.5 Å². The van der Waals surface area contributed by atoms with E-state index in [4.69, 9.17) is 9.84 Å². The number of cyclic esters (lactones) is 1. The Morgan fingerprint density at radius 2 is 1.84 bits per heavy atom. The maximum absolute atomic E-state index is 12.3. The zero-order chi connectivity index (χ0) is 17.8. The number of rotatable bonds is 5. The number of hydrogen-bond donors (Lipinski definition) is 1. The molecule has 1 saturated heterocycles. The number of anilines is 1. The Hall–Kier alpha value is -3.41. The molecule has 2 aromatic carbocycles. The summed E-state index contributed by atoms with van der Waals surface area (Å²) in [5, 5.41) is 8.87. The molecular formula is C19H15NO5. The lowest BCUT2D eigenvalue weighted by Crippen LogP contribution is -2.23. The van der Waals surface area contributed by atoms with Crippen molar-refractivity contribution in [3.05, 3.63) is 71.3 Å². The van der Waals surface area contributed by atoms with E-state index in [2.05, 4.69) is 0 Å². The van der Waals surface area contributed by atoms with E-state index in [9.17, 15) is 14.4 Å². The lowest BCUT2D eigenvalue weighted by atomic mass is 10.1. The van der Waals surface area contributed by atoms with Gasteiger partial charge < -0.3 is 9.84 Å². The molecule has 3 rings (SSSR count). The molecule has 6 nitrogen and oxygen atoms in total. The van der Waals surface area contributed by atoms with Gasteiger partial charge in [-0.1, -0.05) is 30.3 Å². The highest BCUT2D eigenvalue weighted by atomic mass is 16.6. The summed E-state index contributed by atoms with van der Waals surface area (Å²) in [4.78, 5) is 36.2. The number of carbonyl (C=O) groups excluding carboxylic acids is 2. The van der Waals surface area contributed by atoms with Crippen LogP contribution in [-0.2, 0) is 4.74 Å². The zero-order valence-corrected chi connectivity index (χ0v) is 13.2. The fraction of sp³-hybridized carbons (Fsp3) is 0.105. The number of ether oxygens (including phenoxy) is 1. The fourth-order valence-corrected chi connectivity index (χ4v) is 2.46. The Morgan fingerprint density at radius 3 is 2.48 bits per heavy atom. The average molecular weight is 337 g/mol. The van der Waals surface area contributed by atoms with Crippen molar-refractivity contribution in [2.24, 2.45) is 0 Å². The molecule has 1 amide bonds. The van der Waals surface area contributed by atoms with Crippen molar-refractivity contribution in [2.75, 3.05) is 18.1 Å². The number of carboxylic acid groups (broad SMARTS) is 1. The second kappa shape index (κ2) is 7.00. The maximum atomic E-state index is 12.3. The van der Waals surface area contributed by atoms with E-state index in [-0.39, 0.29) is 11.3 Å². The van der Waals surface area contributed by atoms with Gasteiger partial charge in [0.15, 0.2) is 5.78 Å². The SMILES string of the molecule is O=C(O)c1ccc(/C=C\C(=O)c2cccc(N3CCOC3=O)c2)cc1. The van der Waals surface area contributed by atoms with Gasteiger partial charge in [0.05, 0.1) is 12.1 Å². The molecule has 0 radical (unpaired) electrons. The van der Waals surface area contributed by atoms with Crippen LogP contribution in [0.25, 0.3) is 6.08 Å². The van der Waals surface area contributed by atoms with Crippen molar-refractivity contribution in [2.45, 2.75) is 0 Å². The van der Waals surface area contributed by atoms with E-state index >= 15 is 0 Å². The third kappa shape index (κ3) is 3.74. The smallest absolute Gasteiger partial charge is 0.414 e. The molecule has 2 aromatic rings. The topological polar surface area (TPSA) is 83.9 Å². The number of allylic oxidation sites excluding steroid dienone is 1. The molecule has 0 unspecified atom stereocenters. The van der Waals surface area contributed by atoms with Crippen LogP contribution in [0.1, 0.15) is 26.3 Å². The number of carbonyl (C=O) groups is 3. The summed E-state index contributed by atoms with van der Waals surface area (Å²) in [7, 11) is 0. The highest BCUT2D eigenvalue weighted by Crippen LogP contribution is 2.20. The van der Waals surface area contributed by atoms with E-state index in [1.165, 1.54) is 23.1 Å². The van der Waals surface area contributed by atoms with Crippen LogP contribution in [0.3, 0.4) is 0 Å². The summed E-state index contributed by atoms with van der Waals surface area (Å²) in [5.74, 6) is -1.21. The van der Waals surface area contributed by atoms with Crippen molar-refractivity contribution in [1.82, 2.24) is 0 Å². The second-order valence-electron chi connectivity index (χ2n) is 5.44. The molecule has 0 aromatic heterocycles. The lowest BCUT2D eigenvalue weighted by Gasteiger charge is -2.13. The molecule has 6 heteroatoms. The second-order valence-corrected chi connectivity index (χ2v) is 5.44. The number of hydrogen-bond acceptors (Lipinski definition) is 4. The summed E-state index contributed by atoms with van der Waals surface area (Å²) < 4.78 is 4.90.